The van der Waals surface area contributed by atoms with Crippen LogP contribution in [0.3, 0.4) is 0 Å². The van der Waals surface area contributed by atoms with Crippen molar-refractivity contribution in [2.75, 3.05) is 29.4 Å². The van der Waals surface area contributed by atoms with Crippen LogP contribution in [0.4, 0.5) is 20.5 Å². The van der Waals surface area contributed by atoms with E-state index in [0.717, 1.165) is 38.9 Å². The van der Waals surface area contributed by atoms with Crippen LogP contribution in [0.5, 0.6) is 0 Å². The second-order valence-corrected chi connectivity index (χ2v) is 9.00. The van der Waals surface area contributed by atoms with Crippen molar-refractivity contribution in [1.29, 1.82) is 0 Å². The van der Waals surface area contributed by atoms with Gasteiger partial charge in [0.2, 0.25) is 5.95 Å². The molecular formula is C19H22F2N4O2. The number of aromatic nitrogens is 2. The normalized spacial score (nSPS) is 33.6. The monoisotopic (exact) mass is 376 g/mol. The topological polar surface area (TPSA) is 69.6 Å². The first-order valence-electron chi connectivity index (χ1n) is 9.92. The highest BCUT2D eigenvalue weighted by molar-refractivity contribution is 5.68. The first-order valence-corrected chi connectivity index (χ1v) is 9.92. The quantitative estimate of drug-likeness (QED) is 0.870. The van der Waals surface area contributed by atoms with Crippen LogP contribution < -0.4 is 9.80 Å². The number of hydrogen-bond acceptors (Lipinski definition) is 5. The summed E-state index contributed by atoms with van der Waals surface area (Å²) in [4.78, 5) is 24.3. The molecule has 1 N–H and O–H groups in total. The third-order valence-corrected chi connectivity index (χ3v) is 7.53. The highest BCUT2D eigenvalue weighted by atomic mass is 19.3. The van der Waals surface area contributed by atoms with E-state index in [-0.39, 0.29) is 30.0 Å². The van der Waals surface area contributed by atoms with E-state index >= 15 is 0 Å². The minimum atomic E-state index is -2.88. The van der Waals surface area contributed by atoms with Gasteiger partial charge in [0, 0.05) is 43.6 Å². The van der Waals surface area contributed by atoms with E-state index in [1.165, 1.54) is 0 Å². The van der Waals surface area contributed by atoms with E-state index in [0.29, 0.717) is 35.6 Å². The van der Waals surface area contributed by atoms with Crippen molar-refractivity contribution in [2.45, 2.75) is 50.0 Å². The van der Waals surface area contributed by atoms with E-state index in [1.807, 2.05) is 0 Å². The van der Waals surface area contributed by atoms with E-state index in [9.17, 15) is 13.6 Å². The summed E-state index contributed by atoms with van der Waals surface area (Å²) in [5.41, 5.74) is 0.664. The Balaban J connectivity index is 1.33. The lowest BCUT2D eigenvalue weighted by molar-refractivity contribution is -0.137. The lowest BCUT2D eigenvalue weighted by Crippen LogP contribution is -2.51. The summed E-state index contributed by atoms with van der Waals surface area (Å²) >= 11 is 0. The van der Waals surface area contributed by atoms with Gasteiger partial charge in [-0.2, -0.15) is 13.8 Å². The Labute approximate surface area is 155 Å². The Morgan fingerprint density at radius 2 is 1.89 bits per heavy atom. The van der Waals surface area contributed by atoms with E-state index in [4.69, 9.17) is 10.1 Å². The van der Waals surface area contributed by atoms with Gasteiger partial charge in [0.1, 0.15) is 11.5 Å². The highest BCUT2D eigenvalue weighted by Crippen LogP contribution is 2.56. The third kappa shape index (κ3) is 2.18. The van der Waals surface area contributed by atoms with Crippen LogP contribution in [0, 0.1) is 17.8 Å². The summed E-state index contributed by atoms with van der Waals surface area (Å²) in [6.07, 6.45) is 3.64. The number of piperidine rings is 1. The van der Waals surface area contributed by atoms with Crippen LogP contribution in [0.2, 0.25) is 0 Å². The molecule has 3 aliphatic carbocycles. The summed E-state index contributed by atoms with van der Waals surface area (Å²) < 4.78 is 29.0. The predicted molar refractivity (Wildman–Crippen MR) is 93.1 cm³/mol. The highest BCUT2D eigenvalue weighted by Gasteiger charge is 2.58. The van der Waals surface area contributed by atoms with E-state index in [1.54, 1.807) is 0 Å². The number of aliphatic carboxylic acids is 1. The molecule has 3 heterocycles. The molecule has 2 saturated heterocycles. The molecule has 1 unspecified atom stereocenters. The first-order chi connectivity index (χ1) is 12.9. The predicted octanol–water partition coefficient (Wildman–Crippen LogP) is 2.41. The molecule has 2 aliphatic heterocycles. The standard InChI is InChI=1S/C19H22F2N4O2/c20-19(21)2-1-10-15(19)22-17(25-6-5-18(25)3-4-18)23-16(10)24-8-12-11(7-14(26)27)13(12)9-24/h11-13H,1-9H2,(H,26,27)/t11?,12-,13+. The zero-order valence-corrected chi connectivity index (χ0v) is 15.0. The van der Waals surface area contributed by atoms with Gasteiger partial charge in [-0.05, 0) is 43.4 Å². The number of hydrogen-bond donors (Lipinski definition) is 1. The molecule has 0 bridgehead atoms. The summed E-state index contributed by atoms with van der Waals surface area (Å²) in [5, 5.41) is 9.01. The Hall–Kier alpha value is -1.99. The summed E-state index contributed by atoms with van der Waals surface area (Å²) in [6.45, 7) is 2.29. The lowest BCUT2D eigenvalue weighted by atomic mass is 10.0. The average molecular weight is 376 g/mol. The van der Waals surface area contributed by atoms with Gasteiger partial charge < -0.3 is 14.9 Å². The van der Waals surface area contributed by atoms with Crippen LogP contribution >= 0.6 is 0 Å². The van der Waals surface area contributed by atoms with Gasteiger partial charge in [-0.15, -0.1) is 0 Å². The van der Waals surface area contributed by atoms with Crippen molar-refractivity contribution in [2.24, 2.45) is 17.8 Å². The number of halogens is 2. The fourth-order valence-corrected chi connectivity index (χ4v) is 5.62. The maximum Gasteiger partial charge on any atom is 0.303 e. The Morgan fingerprint density at radius 3 is 2.48 bits per heavy atom. The molecule has 0 aromatic carbocycles. The van der Waals surface area contributed by atoms with Crippen LogP contribution in [0.15, 0.2) is 0 Å². The molecule has 3 atom stereocenters. The molecule has 2 saturated carbocycles. The summed E-state index contributed by atoms with van der Waals surface area (Å²) in [7, 11) is 0. The molecule has 4 fully saturated rings. The van der Waals surface area contributed by atoms with Gasteiger partial charge in [0.05, 0.1) is 0 Å². The maximum absolute atomic E-state index is 14.5. The summed E-state index contributed by atoms with van der Waals surface area (Å²) in [5.74, 6) is -1.53. The molecule has 144 valence electrons. The number of carboxylic acids is 1. The fourth-order valence-electron chi connectivity index (χ4n) is 5.62. The van der Waals surface area contributed by atoms with Crippen LogP contribution in [-0.2, 0) is 17.1 Å². The average Bonchev–Trinajstić information content (AvgIpc) is 3.45. The van der Waals surface area contributed by atoms with Crippen LogP contribution in [0.1, 0.15) is 43.4 Å². The van der Waals surface area contributed by atoms with E-state index < -0.39 is 11.9 Å². The minimum Gasteiger partial charge on any atom is -0.481 e. The Morgan fingerprint density at radius 1 is 1.15 bits per heavy atom. The number of carbonyl (C=O) groups is 1. The van der Waals surface area contributed by atoms with Gasteiger partial charge in [0.15, 0.2) is 0 Å². The zero-order chi connectivity index (χ0) is 18.6. The van der Waals surface area contributed by atoms with Crippen LogP contribution in [-0.4, -0.2) is 46.2 Å². The number of nitrogens with zero attached hydrogens (tertiary/aromatic N) is 4. The molecule has 1 aromatic rings. The number of alkyl halides is 2. The van der Waals surface area contributed by atoms with Crippen molar-refractivity contribution in [3.05, 3.63) is 11.3 Å². The van der Waals surface area contributed by atoms with Gasteiger partial charge in [-0.25, -0.2) is 4.98 Å². The first kappa shape index (κ1) is 16.0. The molecule has 1 aromatic heterocycles. The van der Waals surface area contributed by atoms with Gasteiger partial charge in [-0.1, -0.05) is 0 Å². The second kappa shape index (κ2) is 4.89. The number of anilines is 2. The SMILES string of the molecule is O=C(O)CC1[C@H]2CN(c3nc(N4CCC45CC5)nc4c3CCC4(F)F)C[C@@H]12. The largest absolute Gasteiger partial charge is 0.481 e. The molecule has 6 rings (SSSR count). The Kier molecular flexibility index (Phi) is 2.90. The fraction of sp³-hybridized carbons (Fsp3) is 0.737. The lowest BCUT2D eigenvalue weighted by Gasteiger charge is -2.42. The second-order valence-electron chi connectivity index (χ2n) is 9.00. The molecule has 27 heavy (non-hydrogen) atoms. The molecule has 8 heteroatoms. The smallest absolute Gasteiger partial charge is 0.303 e. The van der Waals surface area contributed by atoms with Crippen molar-refractivity contribution >= 4 is 17.7 Å². The van der Waals surface area contributed by atoms with Crippen molar-refractivity contribution in [3.63, 3.8) is 0 Å². The maximum atomic E-state index is 14.5. The molecule has 6 nitrogen and oxygen atoms in total. The number of carboxylic acid groups (broad SMARTS) is 1. The van der Waals surface area contributed by atoms with Crippen molar-refractivity contribution in [3.8, 4) is 0 Å². The van der Waals surface area contributed by atoms with Gasteiger partial charge in [-0.3, -0.25) is 4.79 Å². The minimum absolute atomic E-state index is 0.0761. The molecular weight excluding hydrogens is 354 g/mol. The van der Waals surface area contributed by atoms with E-state index in [2.05, 4.69) is 14.8 Å². The molecule has 5 aliphatic rings. The summed E-state index contributed by atoms with van der Waals surface area (Å²) in [6, 6.07) is 0. The zero-order valence-electron chi connectivity index (χ0n) is 15.0. The van der Waals surface area contributed by atoms with Gasteiger partial charge in [0.25, 0.3) is 5.92 Å². The number of fused-ring (bicyclic) bond motifs is 2. The Bertz CT molecular complexity index is 844. The molecule has 0 amide bonds. The number of rotatable bonds is 4. The van der Waals surface area contributed by atoms with Crippen molar-refractivity contribution < 1.29 is 18.7 Å². The van der Waals surface area contributed by atoms with Gasteiger partial charge >= 0.3 is 5.97 Å². The van der Waals surface area contributed by atoms with Crippen LogP contribution in [0.25, 0.3) is 0 Å². The molecule has 0 radical (unpaired) electrons. The van der Waals surface area contributed by atoms with Crippen molar-refractivity contribution in [1.82, 2.24) is 9.97 Å². The molecule has 1 spiro atoms. The third-order valence-electron chi connectivity index (χ3n) is 7.53.